The van der Waals surface area contributed by atoms with Gasteiger partial charge in [0.05, 0.1) is 0 Å². The molecule has 23 heavy (non-hydrogen) atoms. The van der Waals surface area contributed by atoms with Crippen molar-refractivity contribution in [2.45, 2.75) is 26.3 Å². The van der Waals surface area contributed by atoms with Crippen molar-refractivity contribution >= 4 is 11.6 Å². The van der Waals surface area contributed by atoms with Crippen molar-refractivity contribution in [1.29, 1.82) is 0 Å². The minimum atomic E-state index is 0. The van der Waals surface area contributed by atoms with Crippen LogP contribution in [0.3, 0.4) is 0 Å². The van der Waals surface area contributed by atoms with Crippen LogP contribution in [0.5, 0.6) is 0 Å². The molecule has 0 aliphatic carbocycles. The first-order valence-corrected chi connectivity index (χ1v) is 7.86. The number of carbonyl (C=O) groups is 1. The van der Waals surface area contributed by atoms with Gasteiger partial charge in [0.25, 0.3) is 0 Å². The number of anilines is 1. The van der Waals surface area contributed by atoms with Gasteiger partial charge in [0.15, 0.2) is 0 Å². The Morgan fingerprint density at radius 3 is 2.52 bits per heavy atom. The number of nitrogens with one attached hydrogen (secondary N) is 1. The Bertz CT molecular complexity index is 655. The Morgan fingerprint density at radius 1 is 1.09 bits per heavy atom. The van der Waals surface area contributed by atoms with Gasteiger partial charge in [-0.15, -0.1) is 0 Å². The zero-order valence-corrected chi connectivity index (χ0v) is 14.1. The molecule has 2 aromatic carbocycles. The molecule has 1 amide bonds. The first-order valence-electron chi connectivity index (χ1n) is 7.86. The number of nitrogens with zero attached hydrogens (tertiary/aromatic N) is 1. The third-order valence-electron chi connectivity index (χ3n) is 4.20. The van der Waals surface area contributed by atoms with Gasteiger partial charge in [0, 0.05) is 31.7 Å². The van der Waals surface area contributed by atoms with E-state index in [-0.39, 0.29) is 18.3 Å². The summed E-state index contributed by atoms with van der Waals surface area (Å²) in [5, 5.41) is 2.96. The monoisotopic (exact) mass is 329 g/mol. The van der Waals surface area contributed by atoms with Crippen LogP contribution in [0.25, 0.3) is 0 Å². The molecule has 0 saturated carbocycles. The second-order valence-electron chi connectivity index (χ2n) is 5.96. The maximum atomic E-state index is 12.0. The summed E-state index contributed by atoms with van der Waals surface area (Å²) in [5.41, 5.74) is 4.92. The third kappa shape index (κ3) is 4.81. The Morgan fingerprint density at radius 2 is 1.78 bits per heavy atom. The molecular weight excluding hydrogens is 308 g/mol. The lowest BCUT2D eigenvalue weighted by molar-refractivity contribution is -0.116. The van der Waals surface area contributed by atoms with Crippen LogP contribution < -0.4 is 17.7 Å². The fourth-order valence-electron chi connectivity index (χ4n) is 2.87. The standard InChI is InChI=1S/C19H22N2O.ClH/c1-15-6-8-18(9-7-15)20-19(22)11-13-21-12-10-16-4-2-3-5-17(16)14-21;/h2-9H,10-14H2,1H3,(H,20,22);1H/p-1. The number of carbonyl (C=O) groups excluding carboxylic acids is 1. The van der Waals surface area contributed by atoms with E-state index in [4.69, 9.17) is 0 Å². The highest BCUT2D eigenvalue weighted by Crippen LogP contribution is 2.18. The Balaban J connectivity index is 0.00000192. The lowest BCUT2D eigenvalue weighted by atomic mass is 10.00. The minimum Gasteiger partial charge on any atom is -1.00 e. The summed E-state index contributed by atoms with van der Waals surface area (Å²) >= 11 is 0. The zero-order chi connectivity index (χ0) is 15.4. The molecule has 0 unspecified atom stereocenters. The highest BCUT2D eigenvalue weighted by Gasteiger charge is 2.16. The zero-order valence-electron chi connectivity index (χ0n) is 13.4. The Kier molecular flexibility index (Phi) is 6.20. The molecule has 0 bridgehead atoms. The summed E-state index contributed by atoms with van der Waals surface area (Å²) in [5.74, 6) is 0.0858. The smallest absolute Gasteiger partial charge is 0.225 e. The number of aryl methyl sites for hydroxylation is 1. The summed E-state index contributed by atoms with van der Waals surface area (Å²) in [4.78, 5) is 14.4. The average molecular weight is 330 g/mol. The lowest BCUT2D eigenvalue weighted by Gasteiger charge is -2.28. The highest BCUT2D eigenvalue weighted by molar-refractivity contribution is 5.90. The molecule has 3 nitrogen and oxygen atoms in total. The van der Waals surface area contributed by atoms with Gasteiger partial charge >= 0.3 is 0 Å². The molecule has 0 radical (unpaired) electrons. The minimum absolute atomic E-state index is 0. The summed E-state index contributed by atoms with van der Waals surface area (Å²) < 4.78 is 0. The molecule has 0 spiro atoms. The topological polar surface area (TPSA) is 32.3 Å². The van der Waals surface area contributed by atoms with E-state index in [0.29, 0.717) is 6.42 Å². The number of hydrogen-bond acceptors (Lipinski definition) is 2. The number of hydrogen-bond donors (Lipinski definition) is 1. The van der Waals surface area contributed by atoms with Gasteiger partial charge in [-0.2, -0.15) is 0 Å². The molecule has 0 fully saturated rings. The van der Waals surface area contributed by atoms with Crippen LogP contribution in [0.1, 0.15) is 23.1 Å². The Labute approximate surface area is 144 Å². The molecule has 0 aromatic heterocycles. The third-order valence-corrected chi connectivity index (χ3v) is 4.20. The molecule has 4 heteroatoms. The second kappa shape index (κ2) is 8.14. The first kappa shape index (κ1) is 17.5. The lowest BCUT2D eigenvalue weighted by Crippen LogP contribution is -3.00. The van der Waals surface area contributed by atoms with Crippen molar-refractivity contribution in [3.8, 4) is 0 Å². The molecule has 3 rings (SSSR count). The summed E-state index contributed by atoms with van der Waals surface area (Å²) in [7, 11) is 0. The van der Waals surface area contributed by atoms with Crippen LogP contribution in [-0.2, 0) is 17.8 Å². The molecule has 1 aliphatic heterocycles. The molecule has 0 atom stereocenters. The second-order valence-corrected chi connectivity index (χ2v) is 5.96. The van der Waals surface area contributed by atoms with E-state index in [1.54, 1.807) is 0 Å². The van der Waals surface area contributed by atoms with Crippen molar-refractivity contribution < 1.29 is 17.2 Å². The van der Waals surface area contributed by atoms with E-state index < -0.39 is 0 Å². The maximum absolute atomic E-state index is 12.0. The Hall–Kier alpha value is -1.84. The predicted molar refractivity (Wildman–Crippen MR) is 89.8 cm³/mol. The van der Waals surface area contributed by atoms with E-state index >= 15 is 0 Å². The normalized spacial score (nSPS) is 13.8. The maximum Gasteiger partial charge on any atom is 0.225 e. The first-order chi connectivity index (χ1) is 10.7. The van der Waals surface area contributed by atoms with E-state index in [0.717, 1.165) is 31.7 Å². The predicted octanol–water partition coefficient (Wildman–Crippen LogP) is 0.386. The number of rotatable bonds is 4. The number of amides is 1. The van der Waals surface area contributed by atoms with E-state index in [9.17, 15) is 4.79 Å². The molecule has 1 heterocycles. The van der Waals surface area contributed by atoms with Gasteiger partial charge in [-0.05, 0) is 36.6 Å². The van der Waals surface area contributed by atoms with Crippen molar-refractivity contribution in [3.05, 3.63) is 65.2 Å². The quantitative estimate of drug-likeness (QED) is 0.880. The summed E-state index contributed by atoms with van der Waals surface area (Å²) in [6, 6.07) is 16.5. The van der Waals surface area contributed by atoms with Gasteiger partial charge in [0.1, 0.15) is 0 Å². The van der Waals surface area contributed by atoms with Crippen LogP contribution in [0.4, 0.5) is 5.69 Å². The van der Waals surface area contributed by atoms with Crippen LogP contribution in [0, 0.1) is 6.92 Å². The van der Waals surface area contributed by atoms with Crippen molar-refractivity contribution in [1.82, 2.24) is 4.90 Å². The average Bonchev–Trinajstić information content (AvgIpc) is 2.55. The fourth-order valence-corrected chi connectivity index (χ4v) is 2.87. The van der Waals surface area contributed by atoms with Crippen LogP contribution in [0.15, 0.2) is 48.5 Å². The van der Waals surface area contributed by atoms with Gasteiger partial charge in [-0.1, -0.05) is 42.0 Å². The SMILES string of the molecule is Cc1ccc(NC(=O)CCN2CCc3ccccc3C2)cc1.[Cl-]. The van der Waals surface area contributed by atoms with Crippen LogP contribution in [0.2, 0.25) is 0 Å². The van der Waals surface area contributed by atoms with Crippen LogP contribution in [-0.4, -0.2) is 23.9 Å². The fraction of sp³-hybridized carbons (Fsp3) is 0.316. The van der Waals surface area contributed by atoms with E-state index in [1.165, 1.54) is 16.7 Å². The summed E-state index contributed by atoms with van der Waals surface area (Å²) in [6.07, 6.45) is 1.62. The molecule has 1 N–H and O–H groups in total. The molecule has 1 aliphatic rings. The van der Waals surface area contributed by atoms with Crippen molar-refractivity contribution in [2.75, 3.05) is 18.4 Å². The van der Waals surface area contributed by atoms with E-state index in [2.05, 4.69) is 34.5 Å². The van der Waals surface area contributed by atoms with Gasteiger partial charge in [-0.3, -0.25) is 9.69 Å². The summed E-state index contributed by atoms with van der Waals surface area (Å²) in [6.45, 7) is 4.84. The highest BCUT2D eigenvalue weighted by atomic mass is 35.5. The van der Waals surface area contributed by atoms with Crippen molar-refractivity contribution in [3.63, 3.8) is 0 Å². The number of fused-ring (bicyclic) bond motifs is 1. The van der Waals surface area contributed by atoms with Gasteiger partial charge in [-0.25, -0.2) is 0 Å². The van der Waals surface area contributed by atoms with Gasteiger partial charge < -0.3 is 17.7 Å². The molecule has 2 aromatic rings. The number of benzene rings is 2. The van der Waals surface area contributed by atoms with Crippen molar-refractivity contribution in [2.24, 2.45) is 0 Å². The molecular formula is C19H22ClN2O-. The largest absolute Gasteiger partial charge is 1.00 e. The molecule has 122 valence electrons. The van der Waals surface area contributed by atoms with E-state index in [1.807, 2.05) is 31.2 Å². The van der Waals surface area contributed by atoms with Crippen LogP contribution >= 0.6 is 0 Å². The molecule has 0 saturated heterocycles. The number of halogens is 1. The van der Waals surface area contributed by atoms with Gasteiger partial charge in [0.2, 0.25) is 5.91 Å².